The standard InChI is InChI=1S/C20H29N5O2/c1-21-19-12-20(24-15-23-19)25-9-3-4-17(25)14-22-13-16-5-7-18(8-6-16)27-11-10-26-2/h5-8,12,15,17,22H,3-4,9-11,13-14H2,1-2H3,(H,21,23,24). The Balaban J connectivity index is 1.47. The van der Waals surface area contributed by atoms with Crippen LogP contribution < -0.4 is 20.3 Å². The number of rotatable bonds is 10. The average Bonchev–Trinajstić information content (AvgIpc) is 3.18. The highest BCUT2D eigenvalue weighted by Gasteiger charge is 2.25. The summed E-state index contributed by atoms with van der Waals surface area (Å²) in [6.07, 6.45) is 4.00. The van der Waals surface area contributed by atoms with Gasteiger partial charge in [0, 0.05) is 45.9 Å². The third kappa shape index (κ3) is 5.55. The molecule has 1 saturated heterocycles. The number of hydrogen-bond donors (Lipinski definition) is 2. The van der Waals surface area contributed by atoms with Crippen LogP contribution in [0.4, 0.5) is 11.6 Å². The summed E-state index contributed by atoms with van der Waals surface area (Å²) in [5.74, 6) is 2.73. The Kier molecular flexibility index (Phi) is 7.24. The van der Waals surface area contributed by atoms with Crippen molar-refractivity contribution in [3.63, 3.8) is 0 Å². The molecule has 1 aliphatic heterocycles. The van der Waals surface area contributed by atoms with Crippen LogP contribution in [-0.2, 0) is 11.3 Å². The maximum atomic E-state index is 5.60. The van der Waals surface area contributed by atoms with Gasteiger partial charge >= 0.3 is 0 Å². The Labute approximate surface area is 161 Å². The van der Waals surface area contributed by atoms with Gasteiger partial charge in [0.2, 0.25) is 0 Å². The van der Waals surface area contributed by atoms with E-state index in [0.717, 1.165) is 37.0 Å². The van der Waals surface area contributed by atoms with Crippen LogP contribution in [0.2, 0.25) is 0 Å². The molecule has 27 heavy (non-hydrogen) atoms. The molecule has 1 aliphatic rings. The van der Waals surface area contributed by atoms with Crippen LogP contribution in [0.1, 0.15) is 18.4 Å². The summed E-state index contributed by atoms with van der Waals surface area (Å²) in [4.78, 5) is 11.0. The van der Waals surface area contributed by atoms with Gasteiger partial charge < -0.3 is 25.0 Å². The summed E-state index contributed by atoms with van der Waals surface area (Å²) in [6, 6.07) is 10.7. The minimum Gasteiger partial charge on any atom is -0.491 e. The molecule has 1 aromatic carbocycles. The van der Waals surface area contributed by atoms with E-state index in [1.54, 1.807) is 13.4 Å². The number of benzene rings is 1. The smallest absolute Gasteiger partial charge is 0.134 e. The van der Waals surface area contributed by atoms with E-state index >= 15 is 0 Å². The molecule has 0 radical (unpaired) electrons. The van der Waals surface area contributed by atoms with Gasteiger partial charge in [0.15, 0.2) is 0 Å². The Morgan fingerprint density at radius 2 is 2.04 bits per heavy atom. The third-order valence-corrected chi connectivity index (χ3v) is 4.77. The quantitative estimate of drug-likeness (QED) is 0.621. The summed E-state index contributed by atoms with van der Waals surface area (Å²) in [5, 5.41) is 6.66. The molecule has 2 heterocycles. The van der Waals surface area contributed by atoms with Crippen molar-refractivity contribution in [1.29, 1.82) is 0 Å². The molecule has 3 rings (SSSR count). The highest BCUT2D eigenvalue weighted by molar-refractivity contribution is 5.49. The van der Waals surface area contributed by atoms with Crippen molar-refractivity contribution >= 4 is 11.6 Å². The van der Waals surface area contributed by atoms with Crippen molar-refractivity contribution in [2.24, 2.45) is 0 Å². The maximum Gasteiger partial charge on any atom is 0.134 e. The van der Waals surface area contributed by atoms with Gasteiger partial charge in [-0.1, -0.05) is 12.1 Å². The third-order valence-electron chi connectivity index (χ3n) is 4.77. The van der Waals surface area contributed by atoms with Crippen LogP contribution in [0.15, 0.2) is 36.7 Å². The number of hydrogen-bond acceptors (Lipinski definition) is 7. The van der Waals surface area contributed by atoms with E-state index in [-0.39, 0.29) is 0 Å². The van der Waals surface area contributed by atoms with Gasteiger partial charge in [0.25, 0.3) is 0 Å². The highest BCUT2D eigenvalue weighted by Crippen LogP contribution is 2.24. The second-order valence-electron chi connectivity index (χ2n) is 6.62. The zero-order valence-electron chi connectivity index (χ0n) is 16.1. The lowest BCUT2D eigenvalue weighted by Crippen LogP contribution is -2.38. The van der Waals surface area contributed by atoms with Gasteiger partial charge in [0.1, 0.15) is 30.3 Å². The zero-order chi connectivity index (χ0) is 18.9. The van der Waals surface area contributed by atoms with E-state index in [2.05, 4.69) is 37.6 Å². The van der Waals surface area contributed by atoms with Crippen LogP contribution in [0.25, 0.3) is 0 Å². The fraction of sp³-hybridized carbons (Fsp3) is 0.500. The SMILES string of the molecule is CNc1cc(N2CCCC2CNCc2ccc(OCCOC)cc2)ncn1. The summed E-state index contributed by atoms with van der Waals surface area (Å²) >= 11 is 0. The molecule has 0 spiro atoms. The number of nitrogens with one attached hydrogen (secondary N) is 2. The van der Waals surface area contributed by atoms with Crippen molar-refractivity contribution in [1.82, 2.24) is 15.3 Å². The molecule has 1 unspecified atom stereocenters. The molecular formula is C20H29N5O2. The fourth-order valence-electron chi connectivity index (χ4n) is 3.32. The summed E-state index contributed by atoms with van der Waals surface area (Å²) in [6.45, 7) is 3.99. The molecular weight excluding hydrogens is 342 g/mol. The Morgan fingerprint density at radius 3 is 2.81 bits per heavy atom. The average molecular weight is 371 g/mol. The predicted molar refractivity (Wildman–Crippen MR) is 107 cm³/mol. The molecule has 0 amide bonds. The van der Waals surface area contributed by atoms with Crippen LogP contribution in [0.5, 0.6) is 5.75 Å². The molecule has 0 aliphatic carbocycles. The van der Waals surface area contributed by atoms with Crippen molar-refractivity contribution in [2.45, 2.75) is 25.4 Å². The lowest BCUT2D eigenvalue weighted by atomic mass is 10.2. The largest absolute Gasteiger partial charge is 0.491 e. The lowest BCUT2D eigenvalue weighted by Gasteiger charge is -2.26. The van der Waals surface area contributed by atoms with E-state index in [4.69, 9.17) is 9.47 Å². The van der Waals surface area contributed by atoms with Gasteiger partial charge in [-0.05, 0) is 30.5 Å². The summed E-state index contributed by atoms with van der Waals surface area (Å²) in [7, 11) is 3.55. The first-order valence-electron chi connectivity index (χ1n) is 9.48. The normalized spacial score (nSPS) is 16.5. The van der Waals surface area contributed by atoms with Crippen molar-refractivity contribution in [3.05, 3.63) is 42.2 Å². The van der Waals surface area contributed by atoms with E-state index in [1.807, 2.05) is 25.2 Å². The zero-order valence-corrected chi connectivity index (χ0v) is 16.1. The molecule has 0 bridgehead atoms. The molecule has 2 aromatic rings. The fourth-order valence-corrected chi connectivity index (χ4v) is 3.32. The number of methoxy groups -OCH3 is 1. The number of anilines is 2. The number of ether oxygens (including phenoxy) is 2. The van der Waals surface area contributed by atoms with Gasteiger partial charge in [-0.25, -0.2) is 9.97 Å². The van der Waals surface area contributed by atoms with Crippen molar-refractivity contribution < 1.29 is 9.47 Å². The van der Waals surface area contributed by atoms with Crippen LogP contribution in [0, 0.1) is 0 Å². The van der Waals surface area contributed by atoms with Gasteiger partial charge in [-0.2, -0.15) is 0 Å². The van der Waals surface area contributed by atoms with Gasteiger partial charge in [0.05, 0.1) is 6.61 Å². The monoisotopic (exact) mass is 371 g/mol. The Morgan fingerprint density at radius 1 is 1.19 bits per heavy atom. The molecule has 0 saturated carbocycles. The molecule has 1 atom stereocenters. The molecule has 7 heteroatoms. The Bertz CT molecular complexity index is 695. The number of aromatic nitrogens is 2. The van der Waals surface area contributed by atoms with Gasteiger partial charge in [-0.15, -0.1) is 0 Å². The molecule has 1 fully saturated rings. The Hall–Kier alpha value is -2.38. The van der Waals surface area contributed by atoms with Crippen molar-refractivity contribution in [3.8, 4) is 5.75 Å². The first-order chi connectivity index (χ1) is 13.3. The van der Waals surface area contributed by atoms with Crippen LogP contribution in [-0.4, -0.2) is 56.5 Å². The lowest BCUT2D eigenvalue weighted by molar-refractivity contribution is 0.146. The van der Waals surface area contributed by atoms with E-state index < -0.39 is 0 Å². The van der Waals surface area contributed by atoms with E-state index in [0.29, 0.717) is 19.3 Å². The molecule has 146 valence electrons. The second-order valence-corrected chi connectivity index (χ2v) is 6.62. The minimum absolute atomic E-state index is 0.459. The summed E-state index contributed by atoms with van der Waals surface area (Å²) in [5.41, 5.74) is 1.25. The minimum atomic E-state index is 0.459. The van der Waals surface area contributed by atoms with E-state index in [1.165, 1.54) is 18.4 Å². The van der Waals surface area contributed by atoms with Crippen LogP contribution in [0.3, 0.4) is 0 Å². The second kappa shape index (κ2) is 10.1. The van der Waals surface area contributed by atoms with E-state index in [9.17, 15) is 0 Å². The van der Waals surface area contributed by atoms with Crippen LogP contribution >= 0.6 is 0 Å². The summed E-state index contributed by atoms with van der Waals surface area (Å²) < 4.78 is 10.6. The topological polar surface area (TPSA) is 71.5 Å². The molecule has 2 N–H and O–H groups in total. The predicted octanol–water partition coefficient (Wildman–Crippen LogP) is 2.30. The first kappa shape index (κ1) is 19.4. The first-order valence-corrected chi connectivity index (χ1v) is 9.48. The maximum absolute atomic E-state index is 5.60. The van der Waals surface area contributed by atoms with Crippen molar-refractivity contribution in [2.75, 3.05) is 50.7 Å². The molecule has 1 aromatic heterocycles. The highest BCUT2D eigenvalue weighted by atomic mass is 16.5. The molecule has 7 nitrogen and oxygen atoms in total. The van der Waals surface area contributed by atoms with Gasteiger partial charge in [-0.3, -0.25) is 0 Å². The number of nitrogens with zero attached hydrogens (tertiary/aromatic N) is 3.